The highest BCUT2D eigenvalue weighted by Crippen LogP contribution is 2.67. The van der Waals surface area contributed by atoms with Crippen LogP contribution >= 0.6 is 0 Å². The van der Waals surface area contributed by atoms with Gasteiger partial charge in [-0.15, -0.1) is 0 Å². The van der Waals surface area contributed by atoms with Crippen LogP contribution in [-0.4, -0.2) is 59.7 Å². The molecule has 14 heteroatoms. The van der Waals surface area contributed by atoms with Gasteiger partial charge in [-0.05, 0) is 12.8 Å². The first-order valence-electron chi connectivity index (χ1n) is 7.07. The van der Waals surface area contributed by atoms with E-state index in [2.05, 4.69) is 0 Å². The van der Waals surface area contributed by atoms with Crippen molar-refractivity contribution >= 4 is 8.80 Å². The molecule has 0 atom stereocenters. The number of rotatable bonds is 7. The van der Waals surface area contributed by atoms with Gasteiger partial charge in [-0.25, -0.2) is 0 Å². The van der Waals surface area contributed by atoms with Crippen molar-refractivity contribution < 1.29 is 57.2 Å². The zero-order chi connectivity index (χ0) is 20.8. The number of halogens is 10. The molecule has 0 saturated heterocycles. The van der Waals surface area contributed by atoms with Gasteiger partial charge in [0, 0.05) is 27.4 Å². The summed E-state index contributed by atoms with van der Waals surface area (Å²) in [6.45, 7) is 0. The highest BCUT2D eigenvalue weighted by Gasteiger charge is 2.94. The van der Waals surface area contributed by atoms with Gasteiger partial charge in [0.15, 0.2) is 0 Å². The molecule has 0 heterocycles. The van der Waals surface area contributed by atoms with E-state index in [0.717, 1.165) is 21.3 Å². The van der Waals surface area contributed by atoms with Crippen LogP contribution in [0.2, 0.25) is 6.04 Å². The Kier molecular flexibility index (Phi) is 6.11. The fraction of sp³-hybridized carbons (Fsp3) is 1.00. The third-order valence-electron chi connectivity index (χ3n) is 4.41. The van der Waals surface area contributed by atoms with Gasteiger partial charge in [-0.1, -0.05) is 0 Å². The lowest BCUT2D eigenvalue weighted by molar-refractivity contribution is -0.464. The first-order chi connectivity index (χ1) is 11.5. The summed E-state index contributed by atoms with van der Waals surface area (Å²) in [5, 5.41) is 0. The molecule has 0 aliphatic heterocycles. The second-order valence-corrected chi connectivity index (χ2v) is 8.80. The molecular weight excluding hydrogens is 410 g/mol. The highest BCUT2D eigenvalue weighted by atomic mass is 28.4. The summed E-state index contributed by atoms with van der Waals surface area (Å²) < 4.78 is 149. The van der Waals surface area contributed by atoms with Crippen LogP contribution in [-0.2, 0) is 13.3 Å². The molecule has 0 aromatic heterocycles. The first kappa shape index (κ1) is 23.4. The second-order valence-electron chi connectivity index (χ2n) is 5.71. The molecule has 1 aliphatic carbocycles. The molecule has 156 valence electrons. The van der Waals surface area contributed by atoms with Gasteiger partial charge >= 0.3 is 38.4 Å². The van der Waals surface area contributed by atoms with E-state index in [1.165, 1.54) is 0 Å². The van der Waals surface area contributed by atoms with E-state index in [-0.39, 0.29) is 0 Å². The molecule has 0 aromatic rings. The molecule has 1 saturated carbocycles. The summed E-state index contributed by atoms with van der Waals surface area (Å²) in [5.41, 5.74) is 0. The fourth-order valence-electron chi connectivity index (χ4n) is 2.72. The van der Waals surface area contributed by atoms with Gasteiger partial charge in [0.25, 0.3) is 0 Å². The van der Waals surface area contributed by atoms with Crippen LogP contribution in [0.15, 0.2) is 0 Å². The normalized spacial score (nSPS) is 26.7. The molecule has 0 bridgehead atoms. The monoisotopic (exact) mass is 426 g/mol. The van der Waals surface area contributed by atoms with Gasteiger partial charge in [-0.2, -0.15) is 43.9 Å². The summed E-state index contributed by atoms with van der Waals surface area (Å²) >= 11 is 0. The topological polar surface area (TPSA) is 27.7 Å². The van der Waals surface area contributed by atoms with E-state index in [9.17, 15) is 43.9 Å². The molecule has 1 rings (SSSR count). The van der Waals surface area contributed by atoms with Crippen LogP contribution in [0.3, 0.4) is 0 Å². The van der Waals surface area contributed by atoms with Crippen molar-refractivity contribution in [1.29, 1.82) is 0 Å². The molecule has 0 unspecified atom stereocenters. The van der Waals surface area contributed by atoms with Crippen molar-refractivity contribution in [1.82, 2.24) is 0 Å². The Morgan fingerprint density at radius 2 is 1.00 bits per heavy atom. The average Bonchev–Trinajstić information content (AvgIpc) is 2.53. The first-order valence-corrected chi connectivity index (χ1v) is 9.00. The third-order valence-corrected chi connectivity index (χ3v) is 7.24. The Morgan fingerprint density at radius 1 is 0.654 bits per heavy atom. The molecule has 3 nitrogen and oxygen atoms in total. The number of hydrogen-bond acceptors (Lipinski definition) is 3. The van der Waals surface area contributed by atoms with Gasteiger partial charge in [-0.3, -0.25) is 0 Å². The van der Waals surface area contributed by atoms with Crippen molar-refractivity contribution in [3.63, 3.8) is 0 Å². The zero-order valence-electron chi connectivity index (χ0n) is 13.7. The Balaban J connectivity index is 3.21. The minimum absolute atomic E-state index is 0.466. The maximum atomic E-state index is 13.7. The van der Waals surface area contributed by atoms with Gasteiger partial charge in [0.1, 0.15) is 0 Å². The molecule has 0 spiro atoms. The summed E-state index contributed by atoms with van der Waals surface area (Å²) in [6.07, 6.45) is -2.42. The van der Waals surface area contributed by atoms with Crippen LogP contribution in [0.1, 0.15) is 12.8 Å². The van der Waals surface area contributed by atoms with Crippen LogP contribution in [0.25, 0.3) is 0 Å². The average molecular weight is 426 g/mol. The molecule has 0 aromatic carbocycles. The Morgan fingerprint density at radius 3 is 1.31 bits per heavy atom. The summed E-state index contributed by atoms with van der Waals surface area (Å²) in [7, 11) is -0.281. The summed E-state index contributed by atoms with van der Waals surface area (Å²) in [6, 6.07) is -0.466. The largest absolute Gasteiger partial charge is 0.500 e. The quantitative estimate of drug-likeness (QED) is 0.445. The number of alkyl halides is 10. The Labute approximate surface area is 142 Å². The lowest BCUT2D eigenvalue weighted by Gasteiger charge is -2.49. The van der Waals surface area contributed by atoms with E-state index in [1.54, 1.807) is 0 Å². The maximum absolute atomic E-state index is 13.7. The summed E-state index contributed by atoms with van der Waals surface area (Å²) in [5.74, 6) is -36.5. The number of hydrogen-bond donors (Lipinski definition) is 0. The van der Waals surface area contributed by atoms with Crippen molar-refractivity contribution in [2.75, 3.05) is 21.3 Å². The summed E-state index contributed by atoms with van der Waals surface area (Å²) in [4.78, 5) is 0. The molecule has 0 amide bonds. The van der Waals surface area contributed by atoms with E-state index in [4.69, 9.17) is 13.3 Å². The molecule has 1 aliphatic rings. The van der Waals surface area contributed by atoms with Crippen LogP contribution in [0.4, 0.5) is 43.9 Å². The lowest BCUT2D eigenvalue weighted by atomic mass is 9.73. The minimum atomic E-state index is -6.94. The van der Waals surface area contributed by atoms with Crippen molar-refractivity contribution in [3.05, 3.63) is 0 Å². The van der Waals surface area contributed by atoms with Crippen molar-refractivity contribution in [2.24, 2.45) is 5.92 Å². The zero-order valence-corrected chi connectivity index (χ0v) is 14.7. The molecule has 26 heavy (non-hydrogen) atoms. The van der Waals surface area contributed by atoms with Gasteiger partial charge in [0.05, 0.1) is 5.92 Å². The molecule has 0 N–H and O–H groups in total. The standard InChI is InChI=1S/C12H16F10O3Si/c1-23-26(24-2,25-3)6-4-5-7-8(13,14)10(17,18)12(21,22)11(19,20)9(7,15)16/h7H,4-6H2,1-3H3. The van der Waals surface area contributed by atoms with Crippen LogP contribution < -0.4 is 0 Å². The van der Waals surface area contributed by atoms with Gasteiger partial charge < -0.3 is 13.3 Å². The van der Waals surface area contributed by atoms with E-state index in [1.807, 2.05) is 0 Å². The Bertz CT molecular complexity index is 471. The fourth-order valence-corrected chi connectivity index (χ4v) is 4.47. The predicted octanol–water partition coefficient (Wildman–Crippen LogP) is 4.45. The second kappa shape index (κ2) is 6.78. The van der Waals surface area contributed by atoms with E-state index < -0.39 is 63.2 Å². The van der Waals surface area contributed by atoms with E-state index >= 15 is 0 Å². The van der Waals surface area contributed by atoms with Crippen molar-refractivity contribution in [3.8, 4) is 0 Å². The van der Waals surface area contributed by atoms with Crippen LogP contribution in [0, 0.1) is 5.92 Å². The SMILES string of the molecule is CO[Si](CCCC1C(F)(F)C(F)(F)C(F)(F)C(F)(F)C1(F)F)(OC)OC. The van der Waals surface area contributed by atoms with E-state index in [0.29, 0.717) is 0 Å². The predicted molar refractivity (Wildman–Crippen MR) is 69.0 cm³/mol. The maximum Gasteiger partial charge on any atom is 0.500 e. The molecule has 1 fully saturated rings. The van der Waals surface area contributed by atoms with Crippen LogP contribution in [0.5, 0.6) is 0 Å². The minimum Gasteiger partial charge on any atom is -0.377 e. The lowest BCUT2D eigenvalue weighted by Crippen LogP contribution is -2.77. The Hall–Kier alpha value is -0.603. The third kappa shape index (κ3) is 2.92. The molecular formula is C12H16F10O3Si. The molecule has 0 radical (unpaired) electrons. The van der Waals surface area contributed by atoms with Gasteiger partial charge in [0.2, 0.25) is 0 Å². The smallest absolute Gasteiger partial charge is 0.377 e. The van der Waals surface area contributed by atoms with Crippen molar-refractivity contribution in [2.45, 2.75) is 48.5 Å². The highest BCUT2D eigenvalue weighted by molar-refractivity contribution is 6.60.